The average Bonchev–Trinajstić information content (AvgIpc) is 2.62. The van der Waals surface area contributed by atoms with E-state index >= 15 is 0 Å². The standard InChI is InChI=1S/C21H17N3S/c1-14-9-10-16-13-17(11-12-19(16)22-14)23-21(25)24-20-8-4-6-15-5-2-3-7-18(15)20/h2-13H,1H3,(H2,23,24,25). The molecule has 4 aromatic rings. The highest BCUT2D eigenvalue weighted by Crippen LogP contribution is 2.23. The fourth-order valence-electron chi connectivity index (χ4n) is 2.92. The molecule has 122 valence electrons. The molecule has 0 bridgehead atoms. The Morgan fingerprint density at radius 3 is 2.60 bits per heavy atom. The molecule has 1 aromatic heterocycles. The van der Waals surface area contributed by atoms with Gasteiger partial charge in [0, 0.05) is 27.8 Å². The van der Waals surface area contributed by atoms with Crippen LogP contribution in [0.15, 0.2) is 72.8 Å². The van der Waals surface area contributed by atoms with Gasteiger partial charge in [-0.1, -0.05) is 42.5 Å². The molecule has 0 aliphatic heterocycles. The smallest absolute Gasteiger partial charge is 0.175 e. The fourth-order valence-corrected chi connectivity index (χ4v) is 3.15. The predicted octanol–water partition coefficient (Wildman–Crippen LogP) is 5.51. The molecule has 0 amide bonds. The topological polar surface area (TPSA) is 37.0 Å². The zero-order valence-electron chi connectivity index (χ0n) is 13.8. The number of pyridine rings is 1. The second-order valence-corrected chi connectivity index (χ2v) is 6.37. The molecule has 0 saturated heterocycles. The van der Waals surface area contributed by atoms with Crippen LogP contribution in [-0.2, 0) is 0 Å². The molecular weight excluding hydrogens is 326 g/mol. The first-order valence-electron chi connectivity index (χ1n) is 8.12. The van der Waals surface area contributed by atoms with E-state index in [0.717, 1.165) is 33.4 Å². The molecule has 0 spiro atoms. The van der Waals surface area contributed by atoms with Gasteiger partial charge in [-0.3, -0.25) is 4.98 Å². The maximum atomic E-state index is 5.49. The van der Waals surface area contributed by atoms with Crippen LogP contribution in [0.3, 0.4) is 0 Å². The van der Waals surface area contributed by atoms with Gasteiger partial charge in [-0.2, -0.15) is 0 Å². The zero-order valence-corrected chi connectivity index (χ0v) is 14.6. The Morgan fingerprint density at radius 2 is 1.68 bits per heavy atom. The minimum absolute atomic E-state index is 0.566. The number of aromatic nitrogens is 1. The number of nitrogens with one attached hydrogen (secondary N) is 2. The Morgan fingerprint density at radius 1 is 0.840 bits per heavy atom. The average molecular weight is 343 g/mol. The minimum Gasteiger partial charge on any atom is -0.332 e. The highest BCUT2D eigenvalue weighted by Gasteiger charge is 2.04. The molecule has 0 aliphatic carbocycles. The first-order valence-corrected chi connectivity index (χ1v) is 8.53. The molecule has 3 nitrogen and oxygen atoms in total. The maximum Gasteiger partial charge on any atom is 0.175 e. The number of aryl methyl sites for hydroxylation is 1. The number of benzene rings is 3. The van der Waals surface area contributed by atoms with Crippen molar-refractivity contribution in [3.05, 3.63) is 78.5 Å². The molecule has 0 atom stereocenters. The van der Waals surface area contributed by atoms with E-state index in [2.05, 4.69) is 45.9 Å². The third kappa shape index (κ3) is 3.30. The Kier molecular flexibility index (Phi) is 4.04. The first kappa shape index (κ1) is 15.5. The zero-order chi connectivity index (χ0) is 17.2. The van der Waals surface area contributed by atoms with Crippen LogP contribution < -0.4 is 10.6 Å². The van der Waals surface area contributed by atoms with Gasteiger partial charge in [0.05, 0.1) is 5.52 Å². The van der Waals surface area contributed by atoms with Crippen molar-refractivity contribution in [3.63, 3.8) is 0 Å². The highest BCUT2D eigenvalue weighted by atomic mass is 32.1. The molecule has 4 heteroatoms. The lowest BCUT2D eigenvalue weighted by molar-refractivity contribution is 1.26. The van der Waals surface area contributed by atoms with Gasteiger partial charge in [-0.05, 0) is 54.9 Å². The minimum atomic E-state index is 0.566. The van der Waals surface area contributed by atoms with Crippen LogP contribution in [0.5, 0.6) is 0 Å². The number of thiocarbonyl (C=S) groups is 1. The summed E-state index contributed by atoms with van der Waals surface area (Å²) >= 11 is 5.49. The van der Waals surface area contributed by atoms with Crippen molar-refractivity contribution in [1.29, 1.82) is 0 Å². The van der Waals surface area contributed by atoms with E-state index in [4.69, 9.17) is 12.2 Å². The van der Waals surface area contributed by atoms with Gasteiger partial charge in [0.1, 0.15) is 0 Å². The lowest BCUT2D eigenvalue weighted by atomic mass is 10.1. The third-order valence-electron chi connectivity index (χ3n) is 4.12. The summed E-state index contributed by atoms with van der Waals surface area (Å²) < 4.78 is 0. The third-order valence-corrected chi connectivity index (χ3v) is 4.33. The Labute approximate surface area is 151 Å². The van der Waals surface area contributed by atoms with Crippen LogP contribution in [-0.4, -0.2) is 10.1 Å². The van der Waals surface area contributed by atoms with Crippen LogP contribution in [0.4, 0.5) is 11.4 Å². The van der Waals surface area contributed by atoms with Crippen molar-refractivity contribution in [2.45, 2.75) is 6.92 Å². The normalized spacial score (nSPS) is 10.8. The summed E-state index contributed by atoms with van der Waals surface area (Å²) in [4.78, 5) is 4.52. The summed E-state index contributed by atoms with van der Waals surface area (Å²) in [5.74, 6) is 0. The summed E-state index contributed by atoms with van der Waals surface area (Å²) in [5.41, 5.74) is 3.93. The molecule has 0 unspecified atom stereocenters. The quantitative estimate of drug-likeness (QED) is 0.471. The van der Waals surface area contributed by atoms with Crippen molar-refractivity contribution in [2.24, 2.45) is 0 Å². The van der Waals surface area contributed by atoms with Crippen molar-refractivity contribution in [3.8, 4) is 0 Å². The fraction of sp³-hybridized carbons (Fsp3) is 0.0476. The molecule has 0 fully saturated rings. The van der Waals surface area contributed by atoms with E-state index in [1.54, 1.807) is 0 Å². The molecular formula is C21H17N3S. The summed E-state index contributed by atoms with van der Waals surface area (Å²) in [7, 11) is 0. The molecule has 0 radical (unpaired) electrons. The second kappa shape index (κ2) is 6.49. The second-order valence-electron chi connectivity index (χ2n) is 5.97. The SMILES string of the molecule is Cc1ccc2cc(NC(=S)Nc3cccc4ccccc34)ccc2n1. The highest BCUT2D eigenvalue weighted by molar-refractivity contribution is 7.80. The molecule has 1 heterocycles. The number of hydrogen-bond donors (Lipinski definition) is 2. The summed E-state index contributed by atoms with van der Waals surface area (Å²) in [5, 5.41) is 10.5. The van der Waals surface area contributed by atoms with E-state index in [-0.39, 0.29) is 0 Å². The number of nitrogens with zero attached hydrogens (tertiary/aromatic N) is 1. The predicted molar refractivity (Wildman–Crippen MR) is 110 cm³/mol. The number of hydrogen-bond acceptors (Lipinski definition) is 2. The van der Waals surface area contributed by atoms with Crippen LogP contribution in [0, 0.1) is 6.92 Å². The van der Waals surface area contributed by atoms with Gasteiger partial charge < -0.3 is 10.6 Å². The summed E-state index contributed by atoms with van der Waals surface area (Å²) in [6.45, 7) is 1.99. The molecule has 2 N–H and O–H groups in total. The number of anilines is 2. The lowest BCUT2D eigenvalue weighted by Crippen LogP contribution is -2.19. The molecule has 0 saturated carbocycles. The number of fused-ring (bicyclic) bond motifs is 2. The Bertz CT molecular complexity index is 1080. The van der Waals surface area contributed by atoms with E-state index in [9.17, 15) is 0 Å². The molecule has 4 rings (SSSR count). The van der Waals surface area contributed by atoms with Crippen molar-refractivity contribution in [2.75, 3.05) is 10.6 Å². The molecule has 0 aliphatic rings. The van der Waals surface area contributed by atoms with E-state index in [1.807, 2.05) is 49.4 Å². The van der Waals surface area contributed by atoms with Gasteiger partial charge in [-0.15, -0.1) is 0 Å². The van der Waals surface area contributed by atoms with Crippen LogP contribution in [0.25, 0.3) is 21.7 Å². The van der Waals surface area contributed by atoms with Gasteiger partial charge >= 0.3 is 0 Å². The van der Waals surface area contributed by atoms with Gasteiger partial charge in [0.25, 0.3) is 0 Å². The van der Waals surface area contributed by atoms with Crippen molar-refractivity contribution < 1.29 is 0 Å². The van der Waals surface area contributed by atoms with Crippen LogP contribution in [0.1, 0.15) is 5.69 Å². The largest absolute Gasteiger partial charge is 0.332 e. The van der Waals surface area contributed by atoms with E-state index in [1.165, 1.54) is 5.39 Å². The van der Waals surface area contributed by atoms with Crippen LogP contribution in [0.2, 0.25) is 0 Å². The Hall–Kier alpha value is -2.98. The van der Waals surface area contributed by atoms with Crippen molar-refractivity contribution >= 4 is 50.4 Å². The molecule has 25 heavy (non-hydrogen) atoms. The monoisotopic (exact) mass is 343 g/mol. The summed E-state index contributed by atoms with van der Waals surface area (Å²) in [6, 6.07) is 24.5. The first-order chi connectivity index (χ1) is 12.2. The van der Waals surface area contributed by atoms with Gasteiger partial charge in [0.15, 0.2) is 5.11 Å². The molecule has 3 aromatic carbocycles. The van der Waals surface area contributed by atoms with Crippen molar-refractivity contribution in [1.82, 2.24) is 4.98 Å². The summed E-state index contributed by atoms with van der Waals surface area (Å²) in [6.07, 6.45) is 0. The maximum absolute atomic E-state index is 5.49. The van der Waals surface area contributed by atoms with Crippen LogP contribution >= 0.6 is 12.2 Å². The van der Waals surface area contributed by atoms with E-state index < -0.39 is 0 Å². The van der Waals surface area contributed by atoms with E-state index in [0.29, 0.717) is 5.11 Å². The lowest BCUT2D eigenvalue weighted by Gasteiger charge is -2.13. The van der Waals surface area contributed by atoms with Gasteiger partial charge in [0.2, 0.25) is 0 Å². The van der Waals surface area contributed by atoms with Gasteiger partial charge in [-0.25, -0.2) is 0 Å². The Balaban J connectivity index is 1.56. The number of rotatable bonds is 2.